The third-order valence-corrected chi connectivity index (χ3v) is 4.54. The fourth-order valence-electron chi connectivity index (χ4n) is 2.10. The summed E-state index contributed by atoms with van der Waals surface area (Å²) < 4.78 is 0. The molecule has 3 rings (SSSR count). The molecule has 0 saturated heterocycles. The maximum Gasteiger partial charge on any atom is 0.251 e. The largest absolute Gasteiger partial charge is 0.351 e. The van der Waals surface area contributed by atoms with E-state index in [1.165, 1.54) is 17.7 Å². The molecule has 2 aromatic heterocycles. The van der Waals surface area contributed by atoms with Crippen LogP contribution in [0.15, 0.2) is 42.0 Å². The lowest BCUT2D eigenvalue weighted by Gasteiger charge is -2.14. The van der Waals surface area contributed by atoms with Crippen molar-refractivity contribution >= 4 is 17.2 Å². The molecule has 3 nitrogen and oxygen atoms in total. The van der Waals surface area contributed by atoms with Gasteiger partial charge in [-0.2, -0.15) is 0 Å². The zero-order valence-electron chi connectivity index (χ0n) is 9.93. The molecule has 1 amide bonds. The molecule has 0 aromatic carbocycles. The number of rotatable bonds is 4. The summed E-state index contributed by atoms with van der Waals surface area (Å²) >= 11 is 1.78. The second-order valence-corrected chi connectivity index (χ2v) is 5.62. The fourth-order valence-corrected chi connectivity index (χ4v) is 3.08. The van der Waals surface area contributed by atoms with Crippen molar-refractivity contribution in [2.75, 3.05) is 6.54 Å². The average molecular weight is 258 g/mol. The highest BCUT2D eigenvalue weighted by Gasteiger charge is 2.45. The minimum Gasteiger partial charge on any atom is -0.351 e. The van der Waals surface area contributed by atoms with Crippen LogP contribution in [0.3, 0.4) is 0 Å². The maximum absolute atomic E-state index is 12.0. The van der Waals surface area contributed by atoms with Crippen LogP contribution in [0.1, 0.15) is 28.1 Å². The Bertz CT molecular complexity index is 532. The van der Waals surface area contributed by atoms with Gasteiger partial charge in [-0.1, -0.05) is 6.07 Å². The van der Waals surface area contributed by atoms with Gasteiger partial charge in [0.1, 0.15) is 0 Å². The Kier molecular flexibility index (Phi) is 2.88. The van der Waals surface area contributed by atoms with Crippen molar-refractivity contribution in [1.29, 1.82) is 0 Å². The Balaban J connectivity index is 1.64. The molecule has 92 valence electrons. The van der Waals surface area contributed by atoms with Crippen molar-refractivity contribution in [3.8, 4) is 0 Å². The Morgan fingerprint density at radius 3 is 2.72 bits per heavy atom. The highest BCUT2D eigenvalue weighted by atomic mass is 32.1. The summed E-state index contributed by atoms with van der Waals surface area (Å²) in [6.07, 6.45) is 5.62. The smallest absolute Gasteiger partial charge is 0.251 e. The van der Waals surface area contributed by atoms with Crippen LogP contribution in [-0.2, 0) is 5.41 Å². The van der Waals surface area contributed by atoms with Gasteiger partial charge in [0.05, 0.1) is 0 Å². The number of hydrogen-bond acceptors (Lipinski definition) is 3. The molecule has 0 radical (unpaired) electrons. The Morgan fingerprint density at radius 2 is 2.11 bits per heavy atom. The van der Waals surface area contributed by atoms with E-state index in [1.807, 2.05) is 0 Å². The van der Waals surface area contributed by atoms with Gasteiger partial charge in [0.2, 0.25) is 0 Å². The van der Waals surface area contributed by atoms with Crippen molar-refractivity contribution in [1.82, 2.24) is 10.3 Å². The summed E-state index contributed by atoms with van der Waals surface area (Å²) in [6.45, 7) is 0.731. The number of thiophene rings is 1. The van der Waals surface area contributed by atoms with Crippen molar-refractivity contribution in [2.45, 2.75) is 18.3 Å². The molecule has 4 heteroatoms. The minimum atomic E-state index is -0.0137. The second-order valence-electron chi connectivity index (χ2n) is 4.68. The number of hydrogen-bond donors (Lipinski definition) is 1. The van der Waals surface area contributed by atoms with Gasteiger partial charge in [-0.3, -0.25) is 9.78 Å². The molecule has 1 fully saturated rings. The lowest BCUT2D eigenvalue weighted by molar-refractivity contribution is 0.0949. The third kappa shape index (κ3) is 2.16. The second kappa shape index (κ2) is 4.53. The standard InChI is InChI=1S/C14H14N2OS/c17-13(11-3-7-15-8-4-11)16-10-14(5-6-14)12-2-1-9-18-12/h1-4,7-9H,5-6,10H2,(H,16,17). The molecule has 0 spiro atoms. The summed E-state index contributed by atoms with van der Waals surface area (Å²) in [5.41, 5.74) is 0.878. The van der Waals surface area contributed by atoms with Gasteiger partial charge in [-0.25, -0.2) is 0 Å². The number of nitrogens with one attached hydrogen (secondary N) is 1. The zero-order chi connectivity index (χ0) is 12.4. The van der Waals surface area contributed by atoms with Crippen LogP contribution in [0.4, 0.5) is 0 Å². The number of carbonyl (C=O) groups excluding carboxylic acids is 1. The number of nitrogens with zero attached hydrogens (tertiary/aromatic N) is 1. The highest BCUT2D eigenvalue weighted by molar-refractivity contribution is 7.10. The molecule has 0 bridgehead atoms. The van der Waals surface area contributed by atoms with Crippen molar-refractivity contribution < 1.29 is 4.79 Å². The maximum atomic E-state index is 12.0. The Labute approximate surface area is 110 Å². The van der Waals surface area contributed by atoms with Crippen LogP contribution in [0.5, 0.6) is 0 Å². The van der Waals surface area contributed by atoms with Crippen LogP contribution in [0.25, 0.3) is 0 Å². The molecule has 1 N–H and O–H groups in total. The van der Waals surface area contributed by atoms with Crippen molar-refractivity contribution in [3.63, 3.8) is 0 Å². The van der Waals surface area contributed by atoms with E-state index in [0.717, 1.165) is 6.54 Å². The Hall–Kier alpha value is -1.68. The zero-order valence-corrected chi connectivity index (χ0v) is 10.7. The number of amides is 1. The highest BCUT2D eigenvalue weighted by Crippen LogP contribution is 2.49. The predicted octanol–water partition coefficient (Wildman–Crippen LogP) is 2.60. The van der Waals surface area contributed by atoms with E-state index >= 15 is 0 Å². The predicted molar refractivity (Wildman–Crippen MR) is 71.8 cm³/mol. The fraction of sp³-hybridized carbons (Fsp3) is 0.286. The number of carbonyl (C=O) groups is 1. The summed E-state index contributed by atoms with van der Waals surface area (Å²) in [4.78, 5) is 17.3. The molecular weight excluding hydrogens is 244 g/mol. The van der Waals surface area contributed by atoms with E-state index in [4.69, 9.17) is 0 Å². The topological polar surface area (TPSA) is 42.0 Å². The molecule has 1 aliphatic carbocycles. The molecule has 0 unspecified atom stereocenters. The number of aromatic nitrogens is 1. The summed E-state index contributed by atoms with van der Waals surface area (Å²) in [5, 5.41) is 5.13. The molecule has 18 heavy (non-hydrogen) atoms. The lowest BCUT2D eigenvalue weighted by Crippen LogP contribution is -2.31. The molecular formula is C14H14N2OS. The Morgan fingerprint density at radius 1 is 1.33 bits per heavy atom. The van der Waals surface area contributed by atoms with Crippen molar-refractivity contribution in [3.05, 3.63) is 52.5 Å². The first-order valence-electron chi connectivity index (χ1n) is 6.02. The van der Waals surface area contributed by atoms with E-state index in [2.05, 4.69) is 27.8 Å². The van der Waals surface area contributed by atoms with Gasteiger partial charge in [0.15, 0.2) is 0 Å². The van der Waals surface area contributed by atoms with Crippen LogP contribution < -0.4 is 5.32 Å². The quantitative estimate of drug-likeness (QED) is 0.916. The van der Waals surface area contributed by atoms with Crippen LogP contribution in [0, 0.1) is 0 Å². The third-order valence-electron chi connectivity index (χ3n) is 3.43. The van der Waals surface area contributed by atoms with Gasteiger partial charge in [0, 0.05) is 34.8 Å². The van der Waals surface area contributed by atoms with Gasteiger partial charge >= 0.3 is 0 Å². The summed E-state index contributed by atoms with van der Waals surface area (Å²) in [5.74, 6) is -0.0137. The SMILES string of the molecule is O=C(NCC1(c2cccs2)CC1)c1ccncc1. The first-order chi connectivity index (χ1) is 8.80. The minimum absolute atomic E-state index is 0.0137. The molecule has 0 aliphatic heterocycles. The van der Waals surface area contributed by atoms with E-state index < -0.39 is 0 Å². The molecule has 1 aliphatic rings. The lowest BCUT2D eigenvalue weighted by atomic mass is 10.1. The molecule has 2 aromatic rings. The van der Waals surface area contributed by atoms with E-state index in [1.54, 1.807) is 35.9 Å². The van der Waals surface area contributed by atoms with Crippen LogP contribution in [0.2, 0.25) is 0 Å². The first-order valence-corrected chi connectivity index (χ1v) is 6.90. The van der Waals surface area contributed by atoms with Gasteiger partial charge in [0.25, 0.3) is 5.91 Å². The van der Waals surface area contributed by atoms with E-state index in [-0.39, 0.29) is 11.3 Å². The monoisotopic (exact) mass is 258 g/mol. The molecule has 1 saturated carbocycles. The average Bonchev–Trinajstić information content (AvgIpc) is 3.00. The van der Waals surface area contributed by atoms with Gasteiger partial charge in [-0.15, -0.1) is 11.3 Å². The molecule has 0 atom stereocenters. The normalized spacial score (nSPS) is 16.2. The molecule has 2 heterocycles. The first kappa shape index (κ1) is 11.4. The van der Waals surface area contributed by atoms with Crippen molar-refractivity contribution in [2.24, 2.45) is 0 Å². The van der Waals surface area contributed by atoms with Crippen LogP contribution in [-0.4, -0.2) is 17.4 Å². The van der Waals surface area contributed by atoms with Gasteiger partial charge in [-0.05, 0) is 36.4 Å². The van der Waals surface area contributed by atoms with E-state index in [9.17, 15) is 4.79 Å². The summed E-state index contributed by atoms with van der Waals surface area (Å²) in [7, 11) is 0. The van der Waals surface area contributed by atoms with Crippen LogP contribution >= 0.6 is 11.3 Å². The van der Waals surface area contributed by atoms with E-state index in [0.29, 0.717) is 5.56 Å². The van der Waals surface area contributed by atoms with Gasteiger partial charge < -0.3 is 5.32 Å². The summed E-state index contributed by atoms with van der Waals surface area (Å²) in [6, 6.07) is 7.71. The number of pyridine rings is 1.